The Hall–Kier alpha value is -1.87. The van der Waals surface area contributed by atoms with Gasteiger partial charge >= 0.3 is 0 Å². The van der Waals surface area contributed by atoms with E-state index in [1.165, 1.54) is 38.3 Å². The largest absolute Gasteiger partial charge is 0.0757 e. The molecule has 1 atom stereocenters. The Morgan fingerprint density at radius 1 is 0.840 bits per heavy atom. The highest BCUT2D eigenvalue weighted by Gasteiger charge is 2.26. The summed E-state index contributed by atoms with van der Waals surface area (Å²) in [4.78, 5) is 0. The molecule has 3 aromatic carbocycles. The van der Waals surface area contributed by atoms with E-state index in [4.69, 9.17) is 0 Å². The number of rotatable bonds is 1. The molecule has 1 heteroatoms. The Bertz CT molecular complexity index is 1040. The summed E-state index contributed by atoms with van der Waals surface area (Å²) in [5.74, 6) is 0.593. The van der Waals surface area contributed by atoms with Crippen molar-refractivity contribution < 1.29 is 0 Å². The molecule has 0 fully saturated rings. The van der Waals surface area contributed by atoms with Gasteiger partial charge < -0.3 is 0 Å². The fourth-order valence-corrected chi connectivity index (χ4v) is 4.82. The molecule has 122 valence electrons. The molecule has 0 aromatic heterocycles. The molecular formula is C24H19I. The first-order chi connectivity index (χ1) is 12.3. The predicted octanol–water partition coefficient (Wildman–Crippen LogP) is 6.89. The topological polar surface area (TPSA) is 0 Å². The summed E-state index contributed by atoms with van der Waals surface area (Å²) in [5.41, 5.74) is 7.44. The molecule has 0 saturated heterocycles. The lowest BCUT2D eigenvalue weighted by Gasteiger charge is -2.31. The van der Waals surface area contributed by atoms with Crippen LogP contribution in [-0.4, -0.2) is 0 Å². The molecule has 0 bridgehead atoms. The molecule has 0 aliphatic heterocycles. The summed E-state index contributed by atoms with van der Waals surface area (Å²) in [5, 5.41) is 2.65. The van der Waals surface area contributed by atoms with Gasteiger partial charge in [-0.1, -0.05) is 60.2 Å². The van der Waals surface area contributed by atoms with Crippen molar-refractivity contribution in [2.75, 3.05) is 0 Å². The van der Waals surface area contributed by atoms with Crippen LogP contribution in [0.15, 0.2) is 78.4 Å². The van der Waals surface area contributed by atoms with Gasteiger partial charge in [0.1, 0.15) is 0 Å². The van der Waals surface area contributed by atoms with E-state index < -0.39 is 0 Å². The Morgan fingerprint density at radius 3 is 2.64 bits per heavy atom. The van der Waals surface area contributed by atoms with Crippen LogP contribution in [-0.2, 0) is 6.42 Å². The Balaban J connectivity index is 1.52. The summed E-state index contributed by atoms with van der Waals surface area (Å²) >= 11 is 2.38. The molecular weight excluding hydrogens is 415 g/mol. The average Bonchev–Trinajstić information content (AvgIpc) is 2.67. The number of aryl methyl sites for hydroxylation is 1. The predicted molar refractivity (Wildman–Crippen MR) is 115 cm³/mol. The van der Waals surface area contributed by atoms with Crippen molar-refractivity contribution in [1.29, 1.82) is 0 Å². The van der Waals surface area contributed by atoms with Crippen molar-refractivity contribution in [1.82, 2.24) is 0 Å². The quantitative estimate of drug-likeness (QED) is 0.366. The number of hydrogen-bond donors (Lipinski definition) is 0. The van der Waals surface area contributed by atoms with E-state index in [2.05, 4.69) is 95.4 Å². The van der Waals surface area contributed by atoms with Gasteiger partial charge in [-0.05, 0) is 93.1 Å². The third-order valence-corrected chi connectivity index (χ3v) is 6.28. The molecule has 0 nitrogen and oxygen atoms in total. The monoisotopic (exact) mass is 434 g/mol. The molecule has 0 heterocycles. The summed E-state index contributed by atoms with van der Waals surface area (Å²) in [7, 11) is 0. The molecule has 2 aliphatic rings. The zero-order valence-electron chi connectivity index (χ0n) is 14.0. The molecule has 1 unspecified atom stereocenters. The number of benzene rings is 3. The maximum absolute atomic E-state index is 2.46. The maximum Gasteiger partial charge on any atom is 0.0136 e. The molecule has 0 amide bonds. The smallest absolute Gasteiger partial charge is 0.0136 e. The minimum absolute atomic E-state index is 0.593. The molecule has 25 heavy (non-hydrogen) atoms. The zero-order chi connectivity index (χ0) is 16.8. The molecule has 5 rings (SSSR count). The Kier molecular flexibility index (Phi) is 3.78. The van der Waals surface area contributed by atoms with E-state index in [1.54, 1.807) is 16.7 Å². The standard InChI is InChI=1S/C24H19I/c25-22-11-9-18-13-17(6-7-20(18)15-22)19-10-12-24-21(14-19)8-5-16-3-1-2-4-23(16)24/h1-4,6-7,9-11,13-15,24H,5,8,12H2. The molecule has 0 saturated carbocycles. The molecule has 3 aromatic rings. The van der Waals surface area contributed by atoms with E-state index in [-0.39, 0.29) is 0 Å². The summed E-state index contributed by atoms with van der Waals surface area (Å²) < 4.78 is 1.29. The zero-order valence-corrected chi connectivity index (χ0v) is 16.2. The fourth-order valence-electron chi connectivity index (χ4n) is 4.31. The van der Waals surface area contributed by atoms with Gasteiger partial charge in [-0.15, -0.1) is 0 Å². The lowest BCUT2D eigenvalue weighted by atomic mass is 9.74. The van der Waals surface area contributed by atoms with Gasteiger partial charge in [-0.25, -0.2) is 0 Å². The second-order valence-electron chi connectivity index (χ2n) is 7.07. The highest BCUT2D eigenvalue weighted by Crippen LogP contribution is 2.43. The van der Waals surface area contributed by atoms with Crippen LogP contribution in [0.2, 0.25) is 0 Å². The van der Waals surface area contributed by atoms with E-state index in [9.17, 15) is 0 Å². The number of hydrogen-bond acceptors (Lipinski definition) is 0. The van der Waals surface area contributed by atoms with Crippen molar-refractivity contribution in [3.8, 4) is 0 Å². The van der Waals surface area contributed by atoms with Crippen LogP contribution in [0.5, 0.6) is 0 Å². The van der Waals surface area contributed by atoms with E-state index in [0.29, 0.717) is 5.92 Å². The van der Waals surface area contributed by atoms with Crippen LogP contribution in [0.4, 0.5) is 0 Å². The summed E-state index contributed by atoms with van der Waals surface area (Å²) in [6.07, 6.45) is 8.40. The maximum atomic E-state index is 2.46. The molecule has 0 radical (unpaired) electrons. The first-order valence-electron chi connectivity index (χ1n) is 8.96. The van der Waals surface area contributed by atoms with Crippen molar-refractivity contribution >= 4 is 38.9 Å². The second kappa shape index (κ2) is 6.14. The third kappa shape index (κ3) is 2.75. The van der Waals surface area contributed by atoms with E-state index in [1.807, 2.05) is 0 Å². The van der Waals surface area contributed by atoms with Gasteiger partial charge in [0.15, 0.2) is 0 Å². The van der Waals surface area contributed by atoms with Crippen molar-refractivity contribution in [2.45, 2.75) is 25.2 Å². The Labute approximate surface area is 162 Å². The average molecular weight is 434 g/mol. The first-order valence-corrected chi connectivity index (χ1v) is 10.0. The van der Waals surface area contributed by atoms with Gasteiger partial charge in [0, 0.05) is 9.49 Å². The van der Waals surface area contributed by atoms with Gasteiger partial charge in [-0.3, -0.25) is 0 Å². The second-order valence-corrected chi connectivity index (χ2v) is 8.32. The normalized spacial score (nSPS) is 19.0. The van der Waals surface area contributed by atoms with Crippen LogP contribution in [0.25, 0.3) is 16.3 Å². The SMILES string of the molecule is Ic1ccc2cc(C3=CCC4C(=C3)CCc3ccccc34)ccc2c1. The number of halogens is 1. The molecule has 0 spiro atoms. The van der Waals surface area contributed by atoms with Crippen LogP contribution in [0.1, 0.15) is 35.4 Å². The van der Waals surface area contributed by atoms with Gasteiger partial charge in [-0.2, -0.15) is 0 Å². The van der Waals surface area contributed by atoms with Gasteiger partial charge in [0.2, 0.25) is 0 Å². The first kappa shape index (κ1) is 15.4. The van der Waals surface area contributed by atoms with Crippen molar-refractivity contribution in [3.63, 3.8) is 0 Å². The van der Waals surface area contributed by atoms with Crippen LogP contribution in [0.3, 0.4) is 0 Å². The Morgan fingerprint density at radius 2 is 1.68 bits per heavy atom. The summed E-state index contributed by atoms with van der Waals surface area (Å²) in [6, 6.07) is 22.5. The lowest BCUT2D eigenvalue weighted by Crippen LogP contribution is -2.14. The minimum Gasteiger partial charge on any atom is -0.0757 e. The minimum atomic E-state index is 0.593. The van der Waals surface area contributed by atoms with Crippen LogP contribution >= 0.6 is 22.6 Å². The third-order valence-electron chi connectivity index (χ3n) is 5.61. The molecule has 2 aliphatic carbocycles. The van der Waals surface area contributed by atoms with Crippen LogP contribution in [0, 0.1) is 3.57 Å². The van der Waals surface area contributed by atoms with Crippen molar-refractivity contribution in [2.24, 2.45) is 0 Å². The summed E-state index contributed by atoms with van der Waals surface area (Å²) in [6.45, 7) is 0. The number of fused-ring (bicyclic) bond motifs is 4. The highest BCUT2D eigenvalue weighted by atomic mass is 127. The highest BCUT2D eigenvalue weighted by molar-refractivity contribution is 14.1. The molecule has 0 N–H and O–H groups in total. The lowest BCUT2D eigenvalue weighted by molar-refractivity contribution is 0.690. The van der Waals surface area contributed by atoms with Crippen molar-refractivity contribution in [3.05, 3.63) is 98.6 Å². The van der Waals surface area contributed by atoms with Gasteiger partial charge in [0.05, 0.1) is 0 Å². The fraction of sp³-hybridized carbons (Fsp3) is 0.167. The van der Waals surface area contributed by atoms with E-state index in [0.717, 1.165) is 6.42 Å². The van der Waals surface area contributed by atoms with Gasteiger partial charge in [0.25, 0.3) is 0 Å². The van der Waals surface area contributed by atoms with E-state index >= 15 is 0 Å². The van der Waals surface area contributed by atoms with Crippen LogP contribution < -0.4 is 0 Å². The number of allylic oxidation sites excluding steroid dienone is 4.